The standard InChI is InChI=1S/C14H13N3/c1-11-9-13(12-5-3-2-4-6-12)17(10-11)14-7-8-15-16-14/h2-10H,1H3,(H,15,16). The number of aryl methyl sites for hydroxylation is 1. The summed E-state index contributed by atoms with van der Waals surface area (Å²) in [7, 11) is 0. The smallest absolute Gasteiger partial charge is 0.132 e. The van der Waals surface area contributed by atoms with Crippen molar-refractivity contribution >= 4 is 0 Å². The van der Waals surface area contributed by atoms with E-state index >= 15 is 0 Å². The van der Waals surface area contributed by atoms with Crippen LogP contribution in [0.25, 0.3) is 17.1 Å². The molecule has 3 rings (SSSR count). The summed E-state index contributed by atoms with van der Waals surface area (Å²) in [5.41, 5.74) is 3.61. The summed E-state index contributed by atoms with van der Waals surface area (Å²) in [5, 5.41) is 6.99. The molecule has 0 amide bonds. The lowest BCUT2D eigenvalue weighted by Gasteiger charge is -2.06. The Labute approximate surface area is 99.7 Å². The second kappa shape index (κ2) is 3.94. The molecule has 0 saturated heterocycles. The zero-order chi connectivity index (χ0) is 11.7. The van der Waals surface area contributed by atoms with Crippen molar-refractivity contribution in [2.45, 2.75) is 6.92 Å². The van der Waals surface area contributed by atoms with E-state index in [4.69, 9.17) is 0 Å². The fourth-order valence-corrected chi connectivity index (χ4v) is 2.01. The van der Waals surface area contributed by atoms with Gasteiger partial charge in [0.1, 0.15) is 5.82 Å². The zero-order valence-electron chi connectivity index (χ0n) is 9.59. The van der Waals surface area contributed by atoms with E-state index in [2.05, 4.69) is 58.2 Å². The minimum Gasteiger partial charge on any atom is -0.301 e. The van der Waals surface area contributed by atoms with Gasteiger partial charge in [0.15, 0.2) is 0 Å². The lowest BCUT2D eigenvalue weighted by molar-refractivity contribution is 0.968. The van der Waals surface area contributed by atoms with E-state index in [0.717, 1.165) is 5.82 Å². The quantitative estimate of drug-likeness (QED) is 0.711. The first kappa shape index (κ1) is 9.90. The third-order valence-corrected chi connectivity index (χ3v) is 2.77. The van der Waals surface area contributed by atoms with E-state index in [1.54, 1.807) is 6.20 Å². The van der Waals surface area contributed by atoms with Gasteiger partial charge in [-0.2, -0.15) is 5.10 Å². The molecule has 0 bridgehead atoms. The van der Waals surface area contributed by atoms with E-state index < -0.39 is 0 Å². The molecule has 0 atom stereocenters. The number of benzene rings is 1. The monoisotopic (exact) mass is 223 g/mol. The fraction of sp³-hybridized carbons (Fsp3) is 0.0714. The van der Waals surface area contributed by atoms with Gasteiger partial charge in [-0.3, -0.25) is 5.10 Å². The maximum Gasteiger partial charge on any atom is 0.132 e. The Hall–Kier alpha value is -2.29. The summed E-state index contributed by atoms with van der Waals surface area (Å²) in [4.78, 5) is 0. The molecule has 0 aliphatic rings. The predicted octanol–water partition coefficient (Wildman–Crippen LogP) is 3.18. The summed E-state index contributed by atoms with van der Waals surface area (Å²) >= 11 is 0. The number of H-pyrrole nitrogens is 1. The fourth-order valence-electron chi connectivity index (χ4n) is 2.01. The van der Waals surface area contributed by atoms with Crippen molar-refractivity contribution < 1.29 is 0 Å². The van der Waals surface area contributed by atoms with Gasteiger partial charge in [-0.25, -0.2) is 0 Å². The van der Waals surface area contributed by atoms with Crippen LogP contribution >= 0.6 is 0 Å². The minimum atomic E-state index is 0.983. The first-order valence-corrected chi connectivity index (χ1v) is 5.59. The van der Waals surface area contributed by atoms with E-state index in [9.17, 15) is 0 Å². The molecule has 0 spiro atoms. The van der Waals surface area contributed by atoms with Crippen molar-refractivity contribution in [3.05, 3.63) is 60.4 Å². The first-order chi connectivity index (χ1) is 8.34. The molecule has 1 N–H and O–H groups in total. The molecule has 84 valence electrons. The molecule has 2 heterocycles. The van der Waals surface area contributed by atoms with Crippen LogP contribution in [-0.2, 0) is 0 Å². The number of nitrogens with zero attached hydrogens (tertiary/aromatic N) is 2. The largest absolute Gasteiger partial charge is 0.301 e. The van der Waals surface area contributed by atoms with Gasteiger partial charge in [0.2, 0.25) is 0 Å². The molecule has 0 aliphatic carbocycles. The van der Waals surface area contributed by atoms with Crippen molar-refractivity contribution in [2.24, 2.45) is 0 Å². The molecule has 0 aliphatic heterocycles. The molecule has 2 aromatic heterocycles. The molecule has 17 heavy (non-hydrogen) atoms. The molecule has 0 unspecified atom stereocenters. The predicted molar refractivity (Wildman–Crippen MR) is 68.1 cm³/mol. The second-order valence-corrected chi connectivity index (χ2v) is 4.08. The number of aromatic amines is 1. The van der Waals surface area contributed by atoms with Gasteiger partial charge in [0.05, 0.1) is 11.9 Å². The Morgan fingerprint density at radius 3 is 2.65 bits per heavy atom. The number of nitrogens with one attached hydrogen (secondary N) is 1. The number of aromatic nitrogens is 3. The second-order valence-electron chi connectivity index (χ2n) is 4.08. The Morgan fingerprint density at radius 1 is 1.12 bits per heavy atom. The minimum absolute atomic E-state index is 0.983. The van der Waals surface area contributed by atoms with Crippen LogP contribution in [0.1, 0.15) is 5.56 Å². The number of hydrogen-bond acceptors (Lipinski definition) is 1. The topological polar surface area (TPSA) is 33.6 Å². The molecule has 3 aromatic rings. The van der Waals surface area contributed by atoms with E-state index in [1.807, 2.05) is 12.1 Å². The highest BCUT2D eigenvalue weighted by Crippen LogP contribution is 2.24. The number of rotatable bonds is 2. The average molecular weight is 223 g/mol. The molecule has 0 fully saturated rings. The summed E-state index contributed by atoms with van der Waals surface area (Å²) in [6, 6.07) is 14.5. The Morgan fingerprint density at radius 2 is 1.94 bits per heavy atom. The van der Waals surface area contributed by atoms with Crippen molar-refractivity contribution in [2.75, 3.05) is 0 Å². The van der Waals surface area contributed by atoms with Crippen molar-refractivity contribution in [1.29, 1.82) is 0 Å². The molecular formula is C14H13N3. The lowest BCUT2D eigenvalue weighted by Crippen LogP contribution is -1.95. The zero-order valence-corrected chi connectivity index (χ0v) is 9.59. The van der Waals surface area contributed by atoms with Crippen LogP contribution in [-0.4, -0.2) is 14.8 Å². The van der Waals surface area contributed by atoms with Gasteiger partial charge in [-0.05, 0) is 24.1 Å². The Bertz CT molecular complexity index is 606. The van der Waals surface area contributed by atoms with Gasteiger partial charge in [-0.1, -0.05) is 30.3 Å². The Balaban J connectivity index is 2.18. The molecule has 3 heteroatoms. The van der Waals surface area contributed by atoms with Gasteiger partial charge in [0, 0.05) is 12.3 Å². The highest BCUT2D eigenvalue weighted by atomic mass is 15.2. The van der Waals surface area contributed by atoms with Crippen LogP contribution in [0.5, 0.6) is 0 Å². The molecule has 1 aromatic carbocycles. The third-order valence-electron chi connectivity index (χ3n) is 2.77. The van der Waals surface area contributed by atoms with Gasteiger partial charge < -0.3 is 4.57 Å². The van der Waals surface area contributed by atoms with Crippen LogP contribution in [0.2, 0.25) is 0 Å². The van der Waals surface area contributed by atoms with Gasteiger partial charge >= 0.3 is 0 Å². The van der Waals surface area contributed by atoms with E-state index in [1.165, 1.54) is 16.8 Å². The number of hydrogen-bond donors (Lipinski definition) is 1. The normalized spacial score (nSPS) is 10.6. The summed E-state index contributed by atoms with van der Waals surface area (Å²) < 4.78 is 2.12. The van der Waals surface area contributed by atoms with E-state index in [0.29, 0.717) is 0 Å². The molecular weight excluding hydrogens is 210 g/mol. The lowest BCUT2D eigenvalue weighted by atomic mass is 10.1. The van der Waals surface area contributed by atoms with Gasteiger partial charge in [0.25, 0.3) is 0 Å². The van der Waals surface area contributed by atoms with Crippen molar-refractivity contribution in [3.8, 4) is 17.1 Å². The van der Waals surface area contributed by atoms with Crippen LogP contribution in [0.15, 0.2) is 54.9 Å². The maximum atomic E-state index is 4.00. The first-order valence-electron chi connectivity index (χ1n) is 5.59. The third kappa shape index (κ3) is 1.76. The average Bonchev–Trinajstić information content (AvgIpc) is 2.98. The van der Waals surface area contributed by atoms with Crippen molar-refractivity contribution in [1.82, 2.24) is 14.8 Å². The molecule has 3 nitrogen and oxygen atoms in total. The van der Waals surface area contributed by atoms with Crippen LogP contribution < -0.4 is 0 Å². The summed E-state index contributed by atoms with van der Waals surface area (Å²) in [5.74, 6) is 0.983. The Kier molecular flexibility index (Phi) is 2.29. The maximum absolute atomic E-state index is 4.00. The SMILES string of the molecule is Cc1cc(-c2ccccc2)n(-c2ccn[nH]2)c1. The molecule has 0 radical (unpaired) electrons. The highest BCUT2D eigenvalue weighted by molar-refractivity contribution is 5.63. The summed E-state index contributed by atoms with van der Waals surface area (Å²) in [6.45, 7) is 2.10. The summed E-state index contributed by atoms with van der Waals surface area (Å²) in [6.07, 6.45) is 3.87. The van der Waals surface area contributed by atoms with Gasteiger partial charge in [-0.15, -0.1) is 0 Å². The van der Waals surface area contributed by atoms with Crippen molar-refractivity contribution in [3.63, 3.8) is 0 Å². The van der Waals surface area contributed by atoms with Crippen LogP contribution in [0, 0.1) is 6.92 Å². The molecule has 0 saturated carbocycles. The van der Waals surface area contributed by atoms with Crippen LogP contribution in [0.4, 0.5) is 0 Å². The highest BCUT2D eigenvalue weighted by Gasteiger charge is 2.08. The van der Waals surface area contributed by atoms with Crippen LogP contribution in [0.3, 0.4) is 0 Å². The van der Waals surface area contributed by atoms with E-state index in [-0.39, 0.29) is 0 Å².